The van der Waals surface area contributed by atoms with Crippen LogP contribution in [-0.2, 0) is 11.3 Å². The lowest BCUT2D eigenvalue weighted by molar-refractivity contribution is 0.0529. The molecule has 8 nitrogen and oxygen atoms in total. The molecule has 0 aliphatic carbocycles. The number of aryl methyl sites for hydroxylation is 1. The summed E-state index contributed by atoms with van der Waals surface area (Å²) in [4.78, 5) is 38.8. The van der Waals surface area contributed by atoms with Crippen molar-refractivity contribution in [3.63, 3.8) is 0 Å². The van der Waals surface area contributed by atoms with Crippen molar-refractivity contribution in [2.24, 2.45) is 0 Å². The Kier molecular flexibility index (Phi) is 6.74. The minimum absolute atomic E-state index is 0.103. The van der Waals surface area contributed by atoms with E-state index in [2.05, 4.69) is 10.4 Å². The van der Waals surface area contributed by atoms with Gasteiger partial charge >= 0.3 is 5.97 Å². The molecule has 1 N–H and O–H groups in total. The zero-order valence-electron chi connectivity index (χ0n) is 19.0. The molecule has 0 bridgehead atoms. The van der Waals surface area contributed by atoms with Gasteiger partial charge in [0.05, 0.1) is 19.1 Å². The van der Waals surface area contributed by atoms with Gasteiger partial charge in [-0.05, 0) is 37.6 Å². The van der Waals surface area contributed by atoms with E-state index in [4.69, 9.17) is 9.47 Å². The summed E-state index contributed by atoms with van der Waals surface area (Å²) in [5.41, 5.74) is 1.52. The summed E-state index contributed by atoms with van der Waals surface area (Å²) in [6, 6.07) is 14.1. The van der Waals surface area contributed by atoms with E-state index in [1.54, 1.807) is 62.7 Å². The van der Waals surface area contributed by atoms with Crippen molar-refractivity contribution in [1.29, 1.82) is 0 Å². The fourth-order valence-electron chi connectivity index (χ4n) is 3.62. The van der Waals surface area contributed by atoms with Gasteiger partial charge in [0.25, 0.3) is 11.5 Å². The lowest BCUT2D eigenvalue weighted by Gasteiger charge is -2.11. The highest BCUT2D eigenvalue weighted by Gasteiger charge is 2.25. The molecule has 2 aromatic carbocycles. The van der Waals surface area contributed by atoms with Crippen molar-refractivity contribution in [3.8, 4) is 16.9 Å². The lowest BCUT2D eigenvalue weighted by Crippen LogP contribution is -2.27. The standard InChI is InChI=1S/C25H23N3O5S/c1-4-28-24(30)18-9-7-6-8-17(18)21(27-28)22(29)26-23-20(25(31)33-5-2)19(14-34-23)15-10-12-16(32-3)13-11-15/h6-14H,4-5H2,1-3H3,(H,26,29). The largest absolute Gasteiger partial charge is 0.497 e. The van der Waals surface area contributed by atoms with Crippen LogP contribution in [0.5, 0.6) is 5.75 Å². The molecule has 174 valence electrons. The first-order chi connectivity index (χ1) is 16.5. The zero-order valence-corrected chi connectivity index (χ0v) is 19.8. The quantitative estimate of drug-likeness (QED) is 0.391. The van der Waals surface area contributed by atoms with Crippen LogP contribution in [0.3, 0.4) is 0 Å². The van der Waals surface area contributed by atoms with Gasteiger partial charge in [0, 0.05) is 22.9 Å². The lowest BCUT2D eigenvalue weighted by atomic mass is 10.0. The molecule has 4 rings (SSSR count). The van der Waals surface area contributed by atoms with Crippen molar-refractivity contribution in [1.82, 2.24) is 9.78 Å². The number of carbonyl (C=O) groups excluding carboxylic acids is 2. The summed E-state index contributed by atoms with van der Waals surface area (Å²) >= 11 is 1.22. The van der Waals surface area contributed by atoms with Gasteiger partial charge in [-0.25, -0.2) is 9.48 Å². The maximum absolute atomic E-state index is 13.3. The normalized spacial score (nSPS) is 10.8. The van der Waals surface area contributed by atoms with Gasteiger partial charge in [0.15, 0.2) is 5.69 Å². The summed E-state index contributed by atoms with van der Waals surface area (Å²) < 4.78 is 11.7. The number of amides is 1. The first-order valence-corrected chi connectivity index (χ1v) is 11.6. The topological polar surface area (TPSA) is 99.5 Å². The molecule has 0 radical (unpaired) electrons. The molecule has 2 aromatic heterocycles. The van der Waals surface area contributed by atoms with Crippen molar-refractivity contribution >= 4 is 39.0 Å². The van der Waals surface area contributed by atoms with Gasteiger partial charge in [0.1, 0.15) is 16.3 Å². The number of hydrogen-bond donors (Lipinski definition) is 1. The SMILES string of the molecule is CCOC(=O)c1c(-c2ccc(OC)cc2)csc1NC(=O)c1nn(CC)c(=O)c2ccccc12. The van der Waals surface area contributed by atoms with Gasteiger partial charge in [-0.15, -0.1) is 11.3 Å². The molecule has 0 saturated carbocycles. The molecule has 0 unspecified atom stereocenters. The predicted molar refractivity (Wildman–Crippen MR) is 132 cm³/mol. The molecule has 9 heteroatoms. The second-order valence-electron chi connectivity index (χ2n) is 7.27. The van der Waals surface area contributed by atoms with E-state index in [1.165, 1.54) is 16.0 Å². The van der Waals surface area contributed by atoms with E-state index in [0.29, 0.717) is 33.6 Å². The van der Waals surface area contributed by atoms with Crippen LogP contribution >= 0.6 is 11.3 Å². The van der Waals surface area contributed by atoms with Crippen LogP contribution in [0.15, 0.2) is 58.7 Å². The third kappa shape index (κ3) is 4.29. The molecule has 0 aliphatic rings. The smallest absolute Gasteiger partial charge is 0.341 e. The Labute approximate surface area is 199 Å². The third-order valence-electron chi connectivity index (χ3n) is 5.28. The molecule has 0 spiro atoms. The van der Waals surface area contributed by atoms with Gasteiger partial charge < -0.3 is 14.8 Å². The Morgan fingerprint density at radius 1 is 1.06 bits per heavy atom. The van der Waals surface area contributed by atoms with Crippen LogP contribution in [0, 0.1) is 0 Å². The van der Waals surface area contributed by atoms with Crippen LogP contribution < -0.4 is 15.6 Å². The summed E-state index contributed by atoms with van der Waals surface area (Å²) in [7, 11) is 1.58. The second-order valence-corrected chi connectivity index (χ2v) is 8.15. The van der Waals surface area contributed by atoms with E-state index < -0.39 is 11.9 Å². The highest BCUT2D eigenvalue weighted by Crippen LogP contribution is 2.37. The first kappa shape index (κ1) is 23.2. The third-order valence-corrected chi connectivity index (χ3v) is 6.18. The van der Waals surface area contributed by atoms with Crippen LogP contribution in [0.4, 0.5) is 5.00 Å². The Balaban J connectivity index is 1.78. The maximum atomic E-state index is 13.3. The van der Waals surface area contributed by atoms with E-state index >= 15 is 0 Å². The Morgan fingerprint density at radius 2 is 1.76 bits per heavy atom. The van der Waals surface area contributed by atoms with Crippen molar-refractivity contribution in [2.75, 3.05) is 19.0 Å². The van der Waals surface area contributed by atoms with E-state index in [9.17, 15) is 14.4 Å². The first-order valence-electron chi connectivity index (χ1n) is 10.7. The van der Waals surface area contributed by atoms with E-state index in [-0.39, 0.29) is 23.4 Å². The number of anilines is 1. The molecule has 2 heterocycles. The van der Waals surface area contributed by atoms with Crippen LogP contribution in [0.2, 0.25) is 0 Å². The number of thiophene rings is 1. The monoisotopic (exact) mass is 477 g/mol. The predicted octanol–water partition coefficient (Wildman–Crippen LogP) is 4.58. The molecule has 0 saturated heterocycles. The number of nitrogens with one attached hydrogen (secondary N) is 1. The zero-order chi connectivity index (χ0) is 24.2. The number of ether oxygens (including phenoxy) is 2. The number of methoxy groups -OCH3 is 1. The molecular formula is C25H23N3O5S. The fraction of sp³-hybridized carbons (Fsp3) is 0.200. The van der Waals surface area contributed by atoms with Gasteiger partial charge in [-0.1, -0.05) is 30.3 Å². The Bertz CT molecular complexity index is 1420. The average Bonchev–Trinajstić information content (AvgIpc) is 3.28. The highest BCUT2D eigenvalue weighted by atomic mass is 32.1. The number of carbonyl (C=O) groups is 2. The minimum atomic E-state index is -0.541. The van der Waals surface area contributed by atoms with Gasteiger partial charge in [-0.3, -0.25) is 9.59 Å². The number of fused-ring (bicyclic) bond motifs is 1. The summed E-state index contributed by atoms with van der Waals surface area (Å²) in [6.07, 6.45) is 0. The van der Waals surface area contributed by atoms with E-state index in [0.717, 1.165) is 5.56 Å². The van der Waals surface area contributed by atoms with Crippen molar-refractivity contribution < 1.29 is 19.1 Å². The van der Waals surface area contributed by atoms with Crippen molar-refractivity contribution in [2.45, 2.75) is 20.4 Å². The van der Waals surface area contributed by atoms with Crippen LogP contribution in [0.25, 0.3) is 21.9 Å². The average molecular weight is 478 g/mol. The Hall–Kier alpha value is -3.98. The fourth-order valence-corrected chi connectivity index (χ4v) is 4.57. The number of benzene rings is 2. The molecule has 34 heavy (non-hydrogen) atoms. The molecule has 0 fully saturated rings. The minimum Gasteiger partial charge on any atom is -0.497 e. The number of rotatable bonds is 7. The summed E-state index contributed by atoms with van der Waals surface area (Å²) in [6.45, 7) is 4.01. The maximum Gasteiger partial charge on any atom is 0.341 e. The Morgan fingerprint density at radius 3 is 2.41 bits per heavy atom. The molecule has 0 atom stereocenters. The van der Waals surface area contributed by atoms with Gasteiger partial charge in [0.2, 0.25) is 0 Å². The molecule has 0 aliphatic heterocycles. The highest BCUT2D eigenvalue weighted by molar-refractivity contribution is 7.15. The van der Waals surface area contributed by atoms with Crippen LogP contribution in [-0.4, -0.2) is 35.4 Å². The summed E-state index contributed by atoms with van der Waals surface area (Å²) in [5.74, 6) is -0.373. The number of aromatic nitrogens is 2. The van der Waals surface area contributed by atoms with Crippen LogP contribution in [0.1, 0.15) is 34.7 Å². The second kappa shape index (κ2) is 9.88. The van der Waals surface area contributed by atoms with E-state index in [1.807, 2.05) is 12.1 Å². The number of hydrogen-bond acceptors (Lipinski definition) is 7. The molecule has 4 aromatic rings. The van der Waals surface area contributed by atoms with Crippen molar-refractivity contribution in [3.05, 3.63) is 75.5 Å². The summed E-state index contributed by atoms with van der Waals surface area (Å²) in [5, 5.41) is 10.1. The molecular weight excluding hydrogens is 454 g/mol. The number of nitrogens with zero attached hydrogens (tertiary/aromatic N) is 2. The van der Waals surface area contributed by atoms with Gasteiger partial charge in [-0.2, -0.15) is 5.10 Å². The molecule has 1 amide bonds. The number of esters is 1.